The van der Waals surface area contributed by atoms with Gasteiger partial charge in [0.25, 0.3) is 5.91 Å². The zero-order valence-corrected chi connectivity index (χ0v) is 15.3. The molecule has 1 aromatic carbocycles. The Morgan fingerprint density at radius 3 is 2.81 bits per heavy atom. The number of amides is 1. The van der Waals surface area contributed by atoms with E-state index in [9.17, 15) is 4.79 Å². The van der Waals surface area contributed by atoms with E-state index in [0.29, 0.717) is 12.3 Å². The van der Waals surface area contributed by atoms with Gasteiger partial charge in [0, 0.05) is 35.4 Å². The molecule has 2 N–H and O–H groups in total. The Balaban J connectivity index is 1.58. The quantitative estimate of drug-likeness (QED) is 0.634. The second-order valence-corrected chi connectivity index (χ2v) is 6.14. The Labute approximate surface area is 152 Å². The SMILES string of the molecule is COc1cccc2c(NCCCNC(=O)c3occc3C)cc(C)nc12. The summed E-state index contributed by atoms with van der Waals surface area (Å²) in [6, 6.07) is 9.68. The summed E-state index contributed by atoms with van der Waals surface area (Å²) in [5.41, 5.74) is 3.62. The van der Waals surface area contributed by atoms with E-state index in [0.717, 1.165) is 46.6 Å². The van der Waals surface area contributed by atoms with Gasteiger partial charge in [-0.1, -0.05) is 12.1 Å². The lowest BCUT2D eigenvalue weighted by atomic mass is 10.1. The van der Waals surface area contributed by atoms with Crippen molar-refractivity contribution in [2.75, 3.05) is 25.5 Å². The highest BCUT2D eigenvalue weighted by molar-refractivity contribution is 5.95. The van der Waals surface area contributed by atoms with Crippen molar-refractivity contribution in [2.24, 2.45) is 0 Å². The number of benzene rings is 1. The topological polar surface area (TPSA) is 76.4 Å². The number of ether oxygens (including phenoxy) is 1. The second-order valence-electron chi connectivity index (χ2n) is 6.14. The van der Waals surface area contributed by atoms with Gasteiger partial charge in [0.1, 0.15) is 11.3 Å². The number of methoxy groups -OCH3 is 1. The van der Waals surface area contributed by atoms with Crippen LogP contribution in [-0.2, 0) is 0 Å². The molecule has 0 saturated carbocycles. The number of furan rings is 1. The van der Waals surface area contributed by atoms with Crippen LogP contribution in [0.5, 0.6) is 5.75 Å². The Kier molecular flexibility index (Phi) is 5.41. The van der Waals surface area contributed by atoms with Gasteiger partial charge >= 0.3 is 0 Å². The molecule has 0 atom stereocenters. The van der Waals surface area contributed by atoms with Gasteiger partial charge in [0.15, 0.2) is 5.76 Å². The summed E-state index contributed by atoms with van der Waals surface area (Å²) in [5, 5.41) is 7.32. The largest absolute Gasteiger partial charge is 0.494 e. The van der Waals surface area contributed by atoms with E-state index in [4.69, 9.17) is 9.15 Å². The first-order valence-electron chi connectivity index (χ1n) is 8.60. The van der Waals surface area contributed by atoms with Crippen molar-refractivity contribution in [3.05, 3.63) is 53.6 Å². The van der Waals surface area contributed by atoms with Crippen LogP contribution < -0.4 is 15.4 Å². The van der Waals surface area contributed by atoms with Crippen LogP contribution in [0.1, 0.15) is 28.2 Å². The molecule has 0 aliphatic rings. The fourth-order valence-corrected chi connectivity index (χ4v) is 2.86. The number of fused-ring (bicyclic) bond motifs is 1. The van der Waals surface area contributed by atoms with E-state index in [2.05, 4.69) is 15.6 Å². The van der Waals surface area contributed by atoms with E-state index < -0.39 is 0 Å². The number of hydrogen-bond acceptors (Lipinski definition) is 5. The monoisotopic (exact) mass is 353 g/mol. The number of rotatable bonds is 7. The molecule has 0 radical (unpaired) electrons. The molecule has 0 fully saturated rings. The number of aromatic nitrogens is 1. The molecule has 0 saturated heterocycles. The van der Waals surface area contributed by atoms with E-state index in [1.165, 1.54) is 6.26 Å². The number of hydrogen-bond donors (Lipinski definition) is 2. The highest BCUT2D eigenvalue weighted by Gasteiger charge is 2.11. The van der Waals surface area contributed by atoms with Crippen LogP contribution >= 0.6 is 0 Å². The molecule has 26 heavy (non-hydrogen) atoms. The molecule has 1 amide bonds. The third kappa shape index (κ3) is 3.79. The summed E-state index contributed by atoms with van der Waals surface area (Å²) in [6.07, 6.45) is 2.31. The molecule has 0 spiro atoms. The molecule has 0 unspecified atom stereocenters. The normalized spacial score (nSPS) is 10.7. The molecule has 3 rings (SSSR count). The summed E-state index contributed by atoms with van der Waals surface area (Å²) in [6.45, 7) is 5.11. The number of pyridine rings is 1. The van der Waals surface area contributed by atoms with Gasteiger partial charge in [0.05, 0.1) is 13.4 Å². The van der Waals surface area contributed by atoms with Gasteiger partial charge in [-0.25, -0.2) is 4.98 Å². The highest BCUT2D eigenvalue weighted by Crippen LogP contribution is 2.29. The number of anilines is 1. The van der Waals surface area contributed by atoms with E-state index in [-0.39, 0.29) is 5.91 Å². The Bertz CT molecular complexity index is 918. The summed E-state index contributed by atoms with van der Waals surface area (Å²) in [5.74, 6) is 0.957. The van der Waals surface area contributed by atoms with Crippen LogP contribution in [0.3, 0.4) is 0 Å². The zero-order chi connectivity index (χ0) is 18.5. The lowest BCUT2D eigenvalue weighted by Gasteiger charge is -2.13. The predicted molar refractivity (Wildman–Crippen MR) is 102 cm³/mol. The number of nitrogens with zero attached hydrogens (tertiary/aromatic N) is 1. The number of para-hydroxylation sites is 1. The minimum absolute atomic E-state index is 0.178. The van der Waals surface area contributed by atoms with Crippen LogP contribution in [0.4, 0.5) is 5.69 Å². The molecule has 0 aliphatic carbocycles. The molecule has 3 aromatic rings. The van der Waals surface area contributed by atoms with E-state index in [1.54, 1.807) is 13.2 Å². The van der Waals surface area contributed by atoms with E-state index >= 15 is 0 Å². The van der Waals surface area contributed by atoms with Gasteiger partial charge in [0.2, 0.25) is 0 Å². The standard InChI is InChI=1S/C20H23N3O3/c1-13-8-11-26-19(13)20(24)22-10-5-9-21-16-12-14(2)23-18-15(16)6-4-7-17(18)25-3/h4,6-8,11-12H,5,9-10H2,1-3H3,(H,21,23)(H,22,24). The van der Waals surface area contributed by atoms with Crippen LogP contribution in [0.2, 0.25) is 0 Å². The van der Waals surface area contributed by atoms with Crippen LogP contribution in [0.15, 0.2) is 41.0 Å². The molecule has 2 aromatic heterocycles. The summed E-state index contributed by atoms with van der Waals surface area (Å²) in [4.78, 5) is 16.6. The average molecular weight is 353 g/mol. The lowest BCUT2D eigenvalue weighted by Crippen LogP contribution is -2.26. The fourth-order valence-electron chi connectivity index (χ4n) is 2.86. The third-order valence-electron chi connectivity index (χ3n) is 4.17. The van der Waals surface area contributed by atoms with Gasteiger partial charge in [-0.3, -0.25) is 4.79 Å². The van der Waals surface area contributed by atoms with Crippen molar-refractivity contribution >= 4 is 22.5 Å². The van der Waals surface area contributed by atoms with Crippen LogP contribution in [0, 0.1) is 13.8 Å². The fraction of sp³-hybridized carbons (Fsp3) is 0.300. The maximum Gasteiger partial charge on any atom is 0.287 e. The summed E-state index contributed by atoms with van der Waals surface area (Å²) >= 11 is 0. The highest BCUT2D eigenvalue weighted by atomic mass is 16.5. The number of nitrogens with one attached hydrogen (secondary N) is 2. The molecule has 6 nitrogen and oxygen atoms in total. The van der Waals surface area contributed by atoms with Crippen molar-refractivity contribution in [3.8, 4) is 5.75 Å². The molecular formula is C20H23N3O3. The third-order valence-corrected chi connectivity index (χ3v) is 4.17. The molecule has 0 bridgehead atoms. The van der Waals surface area contributed by atoms with Crippen molar-refractivity contribution in [3.63, 3.8) is 0 Å². The van der Waals surface area contributed by atoms with Gasteiger partial charge in [-0.05, 0) is 38.5 Å². The van der Waals surface area contributed by atoms with Crippen LogP contribution in [0.25, 0.3) is 10.9 Å². The Morgan fingerprint density at radius 1 is 1.23 bits per heavy atom. The molecule has 0 aliphatic heterocycles. The Morgan fingerprint density at radius 2 is 2.08 bits per heavy atom. The number of carbonyl (C=O) groups is 1. The first-order chi connectivity index (χ1) is 12.6. The van der Waals surface area contributed by atoms with Gasteiger partial charge < -0.3 is 19.8 Å². The average Bonchev–Trinajstić information content (AvgIpc) is 3.06. The molecular weight excluding hydrogens is 330 g/mol. The van der Waals surface area contributed by atoms with Crippen molar-refractivity contribution in [1.29, 1.82) is 0 Å². The molecule has 6 heteroatoms. The minimum atomic E-state index is -0.178. The zero-order valence-electron chi connectivity index (χ0n) is 15.3. The molecule has 2 heterocycles. The smallest absolute Gasteiger partial charge is 0.287 e. The first-order valence-corrected chi connectivity index (χ1v) is 8.60. The predicted octanol–water partition coefficient (Wildman–Crippen LogP) is 3.69. The maximum absolute atomic E-state index is 12.0. The number of carbonyl (C=O) groups excluding carboxylic acids is 1. The Hall–Kier alpha value is -3.02. The van der Waals surface area contributed by atoms with Gasteiger partial charge in [-0.15, -0.1) is 0 Å². The summed E-state index contributed by atoms with van der Waals surface area (Å²) < 4.78 is 10.6. The summed E-state index contributed by atoms with van der Waals surface area (Å²) in [7, 11) is 1.65. The van der Waals surface area contributed by atoms with Crippen molar-refractivity contribution < 1.29 is 13.9 Å². The first kappa shape index (κ1) is 17.8. The lowest BCUT2D eigenvalue weighted by molar-refractivity contribution is 0.0925. The van der Waals surface area contributed by atoms with E-state index in [1.807, 2.05) is 38.1 Å². The second kappa shape index (κ2) is 7.91. The van der Waals surface area contributed by atoms with Crippen LogP contribution in [-0.4, -0.2) is 31.1 Å². The molecule has 136 valence electrons. The number of aryl methyl sites for hydroxylation is 2. The van der Waals surface area contributed by atoms with Crippen molar-refractivity contribution in [2.45, 2.75) is 20.3 Å². The van der Waals surface area contributed by atoms with Gasteiger partial charge in [-0.2, -0.15) is 0 Å². The minimum Gasteiger partial charge on any atom is -0.494 e. The van der Waals surface area contributed by atoms with Crippen molar-refractivity contribution in [1.82, 2.24) is 10.3 Å². The maximum atomic E-state index is 12.0.